The smallest absolute Gasteiger partial charge is 0.237 e. The van der Waals surface area contributed by atoms with Crippen molar-refractivity contribution in [1.29, 1.82) is 0 Å². The van der Waals surface area contributed by atoms with Crippen LogP contribution < -0.4 is 0 Å². The van der Waals surface area contributed by atoms with E-state index in [1.807, 2.05) is 0 Å². The third kappa shape index (κ3) is 1.36. The number of carbonyl (C=O) groups excluding carboxylic acids is 1. The Hall–Kier alpha value is -0.240. The number of halogens is 1. The minimum absolute atomic E-state index is 0.0646. The van der Waals surface area contributed by atoms with Crippen LogP contribution in [0.3, 0.4) is 0 Å². The molecular weight excluding hydrogens is 138 g/mol. The molecule has 0 unspecified atom stereocenters. The Kier molecular flexibility index (Phi) is 1.96. The van der Waals surface area contributed by atoms with E-state index in [4.69, 9.17) is 11.6 Å². The zero-order chi connectivity index (χ0) is 6.85. The summed E-state index contributed by atoms with van der Waals surface area (Å²) >= 11 is 5.32. The van der Waals surface area contributed by atoms with Crippen LogP contribution in [-0.4, -0.2) is 29.8 Å². The van der Waals surface area contributed by atoms with E-state index in [0.717, 1.165) is 13.1 Å². The number of hydrogen-bond acceptors (Lipinski definition) is 1. The van der Waals surface area contributed by atoms with Crippen LogP contribution >= 0.6 is 11.6 Å². The normalized spacial score (nSPS) is 19.6. The van der Waals surface area contributed by atoms with Gasteiger partial charge in [0.1, 0.15) is 5.88 Å². The molecule has 1 rings (SSSR count). The highest BCUT2D eigenvalue weighted by atomic mass is 35.5. The molecule has 1 aliphatic rings. The Labute approximate surface area is 59.8 Å². The van der Waals surface area contributed by atoms with Gasteiger partial charge in [0.25, 0.3) is 0 Å². The van der Waals surface area contributed by atoms with Gasteiger partial charge in [-0.15, -0.1) is 11.6 Å². The van der Waals surface area contributed by atoms with Gasteiger partial charge in [-0.1, -0.05) is 6.92 Å². The van der Waals surface area contributed by atoms with Gasteiger partial charge in [0.2, 0.25) is 5.91 Å². The zero-order valence-corrected chi connectivity index (χ0v) is 6.19. The lowest BCUT2D eigenvalue weighted by Crippen LogP contribution is -2.49. The first kappa shape index (κ1) is 6.87. The summed E-state index contributed by atoms with van der Waals surface area (Å²) in [6.07, 6.45) is 0. The van der Waals surface area contributed by atoms with Crippen molar-refractivity contribution in [3.8, 4) is 0 Å². The lowest BCUT2D eigenvalue weighted by atomic mass is 10.0. The van der Waals surface area contributed by atoms with E-state index in [2.05, 4.69) is 6.92 Å². The molecule has 1 aliphatic heterocycles. The summed E-state index contributed by atoms with van der Waals surface area (Å²) in [4.78, 5) is 12.5. The van der Waals surface area contributed by atoms with Crippen molar-refractivity contribution in [3.05, 3.63) is 0 Å². The Morgan fingerprint density at radius 3 is 2.67 bits per heavy atom. The van der Waals surface area contributed by atoms with E-state index >= 15 is 0 Å². The molecule has 0 saturated carbocycles. The van der Waals surface area contributed by atoms with Gasteiger partial charge in [0, 0.05) is 13.1 Å². The molecule has 0 aromatic rings. The molecular formula is C6H10ClNO. The van der Waals surface area contributed by atoms with Gasteiger partial charge >= 0.3 is 0 Å². The number of likely N-dealkylation sites (tertiary alicyclic amines) is 1. The fourth-order valence-electron chi connectivity index (χ4n) is 0.987. The molecule has 0 aromatic carbocycles. The summed E-state index contributed by atoms with van der Waals surface area (Å²) < 4.78 is 0. The molecule has 0 N–H and O–H groups in total. The van der Waals surface area contributed by atoms with Crippen molar-refractivity contribution in [1.82, 2.24) is 4.90 Å². The van der Waals surface area contributed by atoms with Crippen molar-refractivity contribution < 1.29 is 4.79 Å². The maximum atomic E-state index is 10.7. The third-order valence-corrected chi connectivity index (χ3v) is 1.76. The van der Waals surface area contributed by atoms with Crippen LogP contribution in [0.2, 0.25) is 0 Å². The van der Waals surface area contributed by atoms with Gasteiger partial charge in [-0.05, 0) is 5.92 Å². The summed E-state index contributed by atoms with van der Waals surface area (Å²) in [5.41, 5.74) is 0. The number of rotatable bonds is 1. The molecule has 0 radical (unpaired) electrons. The van der Waals surface area contributed by atoms with E-state index in [9.17, 15) is 4.79 Å². The summed E-state index contributed by atoms with van der Waals surface area (Å²) in [5, 5.41) is 0. The minimum Gasteiger partial charge on any atom is -0.341 e. The van der Waals surface area contributed by atoms with E-state index in [1.165, 1.54) is 0 Å². The van der Waals surface area contributed by atoms with E-state index < -0.39 is 0 Å². The summed E-state index contributed by atoms with van der Waals surface area (Å²) in [5.74, 6) is 0.874. The second-order valence-corrected chi connectivity index (χ2v) is 2.80. The quantitative estimate of drug-likeness (QED) is 0.500. The van der Waals surface area contributed by atoms with Gasteiger partial charge in [0.05, 0.1) is 0 Å². The maximum absolute atomic E-state index is 10.7. The first-order valence-corrected chi connectivity index (χ1v) is 3.61. The van der Waals surface area contributed by atoms with E-state index in [1.54, 1.807) is 4.90 Å². The molecule has 2 nitrogen and oxygen atoms in total. The molecule has 3 heteroatoms. The second-order valence-electron chi connectivity index (χ2n) is 2.54. The largest absolute Gasteiger partial charge is 0.341 e. The van der Waals surface area contributed by atoms with Gasteiger partial charge < -0.3 is 4.90 Å². The predicted octanol–water partition coefficient (Wildman–Crippen LogP) is 0.704. The number of hydrogen-bond donors (Lipinski definition) is 0. The molecule has 52 valence electrons. The highest BCUT2D eigenvalue weighted by Crippen LogP contribution is 2.13. The number of alkyl halides is 1. The average Bonchev–Trinajstić information content (AvgIpc) is 1.79. The van der Waals surface area contributed by atoms with Crippen LogP contribution in [0.1, 0.15) is 6.92 Å². The zero-order valence-electron chi connectivity index (χ0n) is 5.43. The first-order valence-electron chi connectivity index (χ1n) is 3.07. The molecule has 0 aliphatic carbocycles. The molecule has 0 bridgehead atoms. The molecule has 1 saturated heterocycles. The standard InChI is InChI=1S/C6H10ClNO/c1-5-3-8(4-5)6(9)2-7/h5H,2-4H2,1H3. The molecule has 0 spiro atoms. The molecule has 1 fully saturated rings. The molecule has 1 heterocycles. The topological polar surface area (TPSA) is 20.3 Å². The van der Waals surface area contributed by atoms with Crippen LogP contribution in [-0.2, 0) is 4.79 Å². The van der Waals surface area contributed by atoms with Crippen LogP contribution in [0, 0.1) is 5.92 Å². The summed E-state index contributed by atoms with van der Waals surface area (Å²) in [6, 6.07) is 0. The average molecular weight is 148 g/mol. The van der Waals surface area contributed by atoms with E-state index in [0.29, 0.717) is 5.92 Å². The SMILES string of the molecule is CC1CN(C(=O)CCl)C1. The Balaban J connectivity index is 2.23. The lowest BCUT2D eigenvalue weighted by molar-refractivity contribution is -0.134. The van der Waals surface area contributed by atoms with Crippen LogP contribution in [0.25, 0.3) is 0 Å². The molecule has 9 heavy (non-hydrogen) atoms. The highest BCUT2D eigenvalue weighted by Gasteiger charge is 2.25. The Bertz CT molecular complexity index is 120. The van der Waals surface area contributed by atoms with Gasteiger partial charge in [0.15, 0.2) is 0 Å². The van der Waals surface area contributed by atoms with Crippen LogP contribution in [0.4, 0.5) is 0 Å². The van der Waals surface area contributed by atoms with Gasteiger partial charge in [-0.3, -0.25) is 4.79 Å². The summed E-state index contributed by atoms with van der Waals surface area (Å²) in [6.45, 7) is 3.91. The molecule has 0 aromatic heterocycles. The fraction of sp³-hybridized carbons (Fsp3) is 0.833. The van der Waals surface area contributed by atoms with Gasteiger partial charge in [-0.2, -0.15) is 0 Å². The van der Waals surface area contributed by atoms with Crippen molar-refractivity contribution in [3.63, 3.8) is 0 Å². The highest BCUT2D eigenvalue weighted by molar-refractivity contribution is 6.27. The third-order valence-electron chi connectivity index (χ3n) is 1.53. The van der Waals surface area contributed by atoms with Gasteiger partial charge in [-0.25, -0.2) is 0 Å². The van der Waals surface area contributed by atoms with Crippen molar-refractivity contribution in [2.45, 2.75) is 6.92 Å². The van der Waals surface area contributed by atoms with Crippen LogP contribution in [0.5, 0.6) is 0 Å². The Morgan fingerprint density at radius 2 is 2.33 bits per heavy atom. The maximum Gasteiger partial charge on any atom is 0.237 e. The second kappa shape index (κ2) is 2.56. The molecule has 1 amide bonds. The minimum atomic E-state index is 0.0646. The monoisotopic (exact) mass is 147 g/mol. The molecule has 0 atom stereocenters. The van der Waals surface area contributed by atoms with E-state index in [-0.39, 0.29) is 11.8 Å². The van der Waals surface area contributed by atoms with Crippen molar-refractivity contribution in [2.24, 2.45) is 5.92 Å². The van der Waals surface area contributed by atoms with Crippen molar-refractivity contribution in [2.75, 3.05) is 19.0 Å². The Morgan fingerprint density at radius 1 is 1.78 bits per heavy atom. The fourth-order valence-corrected chi connectivity index (χ4v) is 1.16. The predicted molar refractivity (Wildman–Crippen MR) is 36.5 cm³/mol. The number of amides is 1. The summed E-state index contributed by atoms with van der Waals surface area (Å²) in [7, 11) is 0. The van der Waals surface area contributed by atoms with Crippen LogP contribution in [0.15, 0.2) is 0 Å². The lowest BCUT2D eigenvalue weighted by Gasteiger charge is -2.36. The van der Waals surface area contributed by atoms with Crippen molar-refractivity contribution >= 4 is 17.5 Å². The number of carbonyl (C=O) groups is 1. The number of nitrogens with zero attached hydrogens (tertiary/aromatic N) is 1. The first-order chi connectivity index (χ1) is 4.24.